The number of nitrogens with one attached hydrogen (secondary N) is 1. The van der Waals surface area contributed by atoms with Crippen molar-refractivity contribution in [3.05, 3.63) is 48.3 Å². The van der Waals surface area contributed by atoms with Crippen LogP contribution in [0.15, 0.2) is 42.7 Å². The van der Waals surface area contributed by atoms with Crippen molar-refractivity contribution < 1.29 is 4.79 Å². The van der Waals surface area contributed by atoms with Crippen LogP contribution >= 0.6 is 12.4 Å². The van der Waals surface area contributed by atoms with Gasteiger partial charge < -0.3 is 11.1 Å². The summed E-state index contributed by atoms with van der Waals surface area (Å²) in [7, 11) is 0. The van der Waals surface area contributed by atoms with Gasteiger partial charge in [0.15, 0.2) is 0 Å². The first-order valence-corrected chi connectivity index (χ1v) is 8.30. The molecular weight excluding hydrogens is 324 g/mol. The van der Waals surface area contributed by atoms with Gasteiger partial charge in [-0.15, -0.1) is 12.4 Å². The quantitative estimate of drug-likeness (QED) is 0.681. The lowest BCUT2D eigenvalue weighted by Gasteiger charge is -2.15. The zero-order chi connectivity index (χ0) is 16.5. The van der Waals surface area contributed by atoms with E-state index < -0.39 is 0 Å². The summed E-state index contributed by atoms with van der Waals surface area (Å²) in [6.45, 7) is 2.74. The smallest absolute Gasteiger partial charge is 0.220 e. The normalized spacial score (nSPS) is 11.6. The van der Waals surface area contributed by atoms with Gasteiger partial charge in [0.2, 0.25) is 5.91 Å². The van der Waals surface area contributed by atoms with E-state index in [1.807, 2.05) is 48.1 Å². The number of halogens is 1. The van der Waals surface area contributed by atoms with Crippen LogP contribution in [0.25, 0.3) is 5.69 Å². The van der Waals surface area contributed by atoms with Crippen LogP contribution in [0.2, 0.25) is 0 Å². The fourth-order valence-corrected chi connectivity index (χ4v) is 2.52. The fourth-order valence-electron chi connectivity index (χ4n) is 2.52. The number of hydrogen-bond donors (Lipinski definition) is 2. The van der Waals surface area contributed by atoms with Crippen molar-refractivity contribution in [2.75, 3.05) is 6.54 Å². The molecular formula is C18H27ClN4O. The minimum atomic E-state index is 0. The Kier molecular flexibility index (Phi) is 9.12. The number of hydrogen-bond acceptors (Lipinski definition) is 3. The number of unbranched alkanes of at least 4 members (excludes halogenated alkanes) is 3. The molecule has 0 bridgehead atoms. The predicted molar refractivity (Wildman–Crippen MR) is 99.5 cm³/mol. The van der Waals surface area contributed by atoms with Crippen LogP contribution < -0.4 is 11.1 Å². The molecule has 0 aliphatic rings. The molecule has 0 aliphatic heterocycles. The van der Waals surface area contributed by atoms with E-state index in [-0.39, 0.29) is 24.4 Å². The number of nitrogens with zero attached hydrogens (tertiary/aromatic N) is 2. The van der Waals surface area contributed by atoms with Crippen LogP contribution in [0.5, 0.6) is 0 Å². The maximum atomic E-state index is 12.0. The molecule has 1 amide bonds. The van der Waals surface area contributed by atoms with Gasteiger partial charge in [-0.3, -0.25) is 4.79 Å². The Hall–Kier alpha value is -1.85. The van der Waals surface area contributed by atoms with E-state index in [0.717, 1.165) is 43.5 Å². The summed E-state index contributed by atoms with van der Waals surface area (Å²) in [4.78, 5) is 12.0. The van der Waals surface area contributed by atoms with Gasteiger partial charge in [-0.2, -0.15) is 5.10 Å². The molecule has 1 atom stereocenters. The molecule has 1 aromatic carbocycles. The Balaban J connectivity index is 0.00000288. The van der Waals surface area contributed by atoms with E-state index in [1.165, 1.54) is 0 Å². The minimum Gasteiger partial charge on any atom is -0.350 e. The minimum absolute atomic E-state index is 0. The monoisotopic (exact) mass is 350 g/mol. The summed E-state index contributed by atoms with van der Waals surface area (Å²) >= 11 is 0. The van der Waals surface area contributed by atoms with Gasteiger partial charge in [-0.05, 0) is 50.1 Å². The summed E-state index contributed by atoms with van der Waals surface area (Å²) in [5.74, 6) is 0.112. The van der Waals surface area contributed by atoms with Crippen molar-refractivity contribution in [3.8, 4) is 5.69 Å². The summed E-state index contributed by atoms with van der Waals surface area (Å²) in [6, 6.07) is 9.99. The molecule has 1 unspecified atom stereocenters. The van der Waals surface area contributed by atoms with E-state index in [4.69, 9.17) is 5.73 Å². The molecule has 0 aliphatic carbocycles. The summed E-state index contributed by atoms with van der Waals surface area (Å²) < 4.78 is 1.81. The van der Waals surface area contributed by atoms with E-state index >= 15 is 0 Å². The lowest BCUT2D eigenvalue weighted by Crippen LogP contribution is -2.26. The van der Waals surface area contributed by atoms with Gasteiger partial charge >= 0.3 is 0 Å². The number of carbonyl (C=O) groups excluding carboxylic acids is 1. The number of rotatable bonds is 9. The molecule has 0 fully saturated rings. The highest BCUT2D eigenvalue weighted by molar-refractivity contribution is 5.85. The molecule has 5 nitrogen and oxygen atoms in total. The number of nitrogens with two attached hydrogens (primary N) is 1. The Bertz CT molecular complexity index is 584. The number of carbonyl (C=O) groups is 1. The van der Waals surface area contributed by atoms with Crippen LogP contribution in [0.3, 0.4) is 0 Å². The largest absolute Gasteiger partial charge is 0.350 e. The van der Waals surface area contributed by atoms with Gasteiger partial charge in [-0.1, -0.05) is 25.0 Å². The van der Waals surface area contributed by atoms with Crippen molar-refractivity contribution >= 4 is 18.3 Å². The Morgan fingerprint density at radius 1 is 1.21 bits per heavy atom. The van der Waals surface area contributed by atoms with Crippen LogP contribution in [-0.4, -0.2) is 22.2 Å². The Morgan fingerprint density at radius 2 is 1.92 bits per heavy atom. The molecule has 3 N–H and O–H groups in total. The number of aromatic nitrogens is 2. The zero-order valence-corrected chi connectivity index (χ0v) is 15.0. The highest BCUT2D eigenvalue weighted by Gasteiger charge is 2.09. The number of amides is 1. The standard InChI is InChI=1S/C18H26N4O.ClH/c1-15(21-18(23)7-4-2-3-5-12-19)16-8-10-17(11-9-16)22-14-6-13-20-22;/h6,8-11,13-15H,2-5,7,12,19H2,1H3,(H,21,23);1H. The maximum absolute atomic E-state index is 12.0. The molecule has 1 aromatic heterocycles. The topological polar surface area (TPSA) is 72.9 Å². The maximum Gasteiger partial charge on any atom is 0.220 e. The molecule has 0 saturated heterocycles. The van der Waals surface area contributed by atoms with Gasteiger partial charge in [0.05, 0.1) is 11.7 Å². The first kappa shape index (κ1) is 20.2. The lowest BCUT2D eigenvalue weighted by atomic mass is 10.1. The van der Waals surface area contributed by atoms with E-state index in [2.05, 4.69) is 10.4 Å². The highest BCUT2D eigenvalue weighted by atomic mass is 35.5. The Labute approximate surface area is 150 Å². The van der Waals surface area contributed by atoms with Crippen LogP contribution in [0.4, 0.5) is 0 Å². The van der Waals surface area contributed by atoms with Crippen LogP contribution in [0.1, 0.15) is 50.6 Å². The molecule has 0 saturated carbocycles. The van der Waals surface area contributed by atoms with Gasteiger partial charge in [0, 0.05) is 18.8 Å². The molecule has 2 aromatic rings. The second kappa shape index (κ2) is 10.8. The third-order valence-electron chi connectivity index (χ3n) is 3.90. The summed E-state index contributed by atoms with van der Waals surface area (Å²) in [5, 5.41) is 7.26. The second-order valence-corrected chi connectivity index (χ2v) is 5.78. The number of benzene rings is 1. The summed E-state index contributed by atoms with van der Waals surface area (Å²) in [5.41, 5.74) is 7.56. The average molecular weight is 351 g/mol. The Morgan fingerprint density at radius 3 is 2.54 bits per heavy atom. The zero-order valence-electron chi connectivity index (χ0n) is 14.1. The fraction of sp³-hybridized carbons (Fsp3) is 0.444. The van der Waals surface area contributed by atoms with Crippen molar-refractivity contribution in [3.63, 3.8) is 0 Å². The van der Waals surface area contributed by atoms with Crippen LogP contribution in [0, 0.1) is 0 Å². The third-order valence-corrected chi connectivity index (χ3v) is 3.90. The second-order valence-electron chi connectivity index (χ2n) is 5.78. The van der Waals surface area contributed by atoms with Crippen molar-refractivity contribution in [2.24, 2.45) is 5.73 Å². The molecule has 0 spiro atoms. The van der Waals surface area contributed by atoms with Gasteiger partial charge in [-0.25, -0.2) is 4.68 Å². The lowest BCUT2D eigenvalue weighted by molar-refractivity contribution is -0.121. The van der Waals surface area contributed by atoms with Crippen LogP contribution in [-0.2, 0) is 4.79 Å². The molecule has 132 valence electrons. The first-order valence-electron chi connectivity index (χ1n) is 8.30. The van der Waals surface area contributed by atoms with Gasteiger partial charge in [0.25, 0.3) is 0 Å². The van der Waals surface area contributed by atoms with Gasteiger partial charge in [0.1, 0.15) is 0 Å². The van der Waals surface area contributed by atoms with Crippen molar-refractivity contribution in [2.45, 2.75) is 45.1 Å². The van der Waals surface area contributed by atoms with E-state index in [9.17, 15) is 4.79 Å². The van der Waals surface area contributed by atoms with E-state index in [0.29, 0.717) is 6.42 Å². The average Bonchev–Trinajstić information content (AvgIpc) is 3.09. The third kappa shape index (κ3) is 6.34. The van der Waals surface area contributed by atoms with Crippen molar-refractivity contribution in [1.29, 1.82) is 0 Å². The molecule has 0 radical (unpaired) electrons. The molecule has 2 rings (SSSR count). The highest BCUT2D eigenvalue weighted by Crippen LogP contribution is 2.15. The van der Waals surface area contributed by atoms with E-state index in [1.54, 1.807) is 6.20 Å². The molecule has 1 heterocycles. The summed E-state index contributed by atoms with van der Waals surface area (Å²) in [6.07, 6.45) is 8.39. The van der Waals surface area contributed by atoms with Crippen molar-refractivity contribution in [1.82, 2.24) is 15.1 Å². The SMILES string of the molecule is CC(NC(=O)CCCCCCN)c1ccc(-n2cccn2)cc1.Cl. The molecule has 6 heteroatoms. The molecule has 24 heavy (non-hydrogen) atoms. The first-order chi connectivity index (χ1) is 11.2. The predicted octanol–water partition coefficient (Wildman–Crippen LogP) is 3.38.